The molecule has 0 saturated carbocycles. The molecule has 3 rings (SSSR count). The summed E-state index contributed by atoms with van der Waals surface area (Å²) in [5, 5.41) is 11.4. The highest BCUT2D eigenvalue weighted by Crippen LogP contribution is 2.27. The third kappa shape index (κ3) is 3.67. The van der Waals surface area contributed by atoms with Gasteiger partial charge in [0.15, 0.2) is 0 Å². The van der Waals surface area contributed by atoms with Gasteiger partial charge in [-0.15, -0.1) is 10.2 Å². The molecule has 2 heterocycles. The van der Waals surface area contributed by atoms with E-state index in [1.165, 1.54) is 5.56 Å². The zero-order valence-corrected chi connectivity index (χ0v) is 15.5. The topological polar surface area (TPSA) is 63.1 Å². The van der Waals surface area contributed by atoms with Crippen molar-refractivity contribution < 1.29 is 4.79 Å². The lowest BCUT2D eigenvalue weighted by molar-refractivity contribution is 0.190. The van der Waals surface area contributed by atoms with Crippen molar-refractivity contribution in [2.75, 3.05) is 18.4 Å². The minimum atomic E-state index is -0.0256. The number of carbonyl (C=O) groups is 1. The van der Waals surface area contributed by atoms with Crippen molar-refractivity contribution in [3.63, 3.8) is 0 Å². The standard InChI is InChI=1S/C19H27N5O/c1-5-23-12-20-22-18(23)16-7-6-8-24(11-16)19(25)21-17-14(3)9-13(2)10-15(17)4/h9-10,12,16H,5-8,11H2,1-4H3,(H,21,25). The van der Waals surface area contributed by atoms with Gasteiger partial charge in [-0.25, -0.2) is 4.79 Å². The van der Waals surface area contributed by atoms with Gasteiger partial charge < -0.3 is 14.8 Å². The van der Waals surface area contributed by atoms with E-state index >= 15 is 0 Å². The lowest BCUT2D eigenvalue weighted by atomic mass is 9.97. The highest BCUT2D eigenvalue weighted by molar-refractivity contribution is 5.91. The van der Waals surface area contributed by atoms with E-state index in [0.717, 1.165) is 48.6 Å². The van der Waals surface area contributed by atoms with Crippen LogP contribution in [0, 0.1) is 20.8 Å². The maximum Gasteiger partial charge on any atom is 0.321 e. The molecular weight excluding hydrogens is 314 g/mol. The number of piperidine rings is 1. The average molecular weight is 341 g/mol. The third-order valence-electron chi connectivity index (χ3n) is 4.97. The number of aromatic nitrogens is 3. The van der Waals surface area contributed by atoms with Crippen LogP contribution < -0.4 is 5.32 Å². The smallest absolute Gasteiger partial charge is 0.321 e. The van der Waals surface area contributed by atoms with E-state index in [1.54, 1.807) is 6.33 Å². The fourth-order valence-corrected chi connectivity index (χ4v) is 3.76. The van der Waals surface area contributed by atoms with E-state index in [0.29, 0.717) is 6.54 Å². The van der Waals surface area contributed by atoms with Crippen LogP contribution >= 0.6 is 0 Å². The van der Waals surface area contributed by atoms with Crippen LogP contribution in [0.4, 0.5) is 10.5 Å². The van der Waals surface area contributed by atoms with E-state index in [2.05, 4.69) is 46.1 Å². The summed E-state index contributed by atoms with van der Waals surface area (Å²) in [6.07, 6.45) is 3.80. The summed E-state index contributed by atoms with van der Waals surface area (Å²) in [5.41, 5.74) is 4.34. The number of anilines is 1. The number of hydrogen-bond acceptors (Lipinski definition) is 3. The lowest BCUT2D eigenvalue weighted by Gasteiger charge is -2.32. The van der Waals surface area contributed by atoms with E-state index < -0.39 is 0 Å². The Balaban J connectivity index is 1.72. The molecule has 1 unspecified atom stereocenters. The molecule has 6 heteroatoms. The summed E-state index contributed by atoms with van der Waals surface area (Å²) in [7, 11) is 0. The molecule has 1 aromatic carbocycles. The number of hydrogen-bond donors (Lipinski definition) is 1. The highest BCUT2D eigenvalue weighted by Gasteiger charge is 2.28. The average Bonchev–Trinajstić information content (AvgIpc) is 3.06. The number of urea groups is 1. The van der Waals surface area contributed by atoms with Crippen molar-refractivity contribution in [3.8, 4) is 0 Å². The Hall–Kier alpha value is -2.37. The normalized spacial score (nSPS) is 17.6. The molecule has 6 nitrogen and oxygen atoms in total. The monoisotopic (exact) mass is 341 g/mol. The molecule has 1 N–H and O–H groups in total. The summed E-state index contributed by atoms with van der Waals surface area (Å²) >= 11 is 0. The Labute approximate surface area is 149 Å². The van der Waals surface area contributed by atoms with Gasteiger partial charge in [0, 0.05) is 31.2 Å². The first-order chi connectivity index (χ1) is 12.0. The predicted molar refractivity (Wildman–Crippen MR) is 98.9 cm³/mol. The first-order valence-electron chi connectivity index (χ1n) is 9.01. The van der Waals surface area contributed by atoms with E-state index in [-0.39, 0.29) is 11.9 Å². The zero-order chi connectivity index (χ0) is 18.0. The van der Waals surface area contributed by atoms with Gasteiger partial charge in [0.05, 0.1) is 0 Å². The minimum absolute atomic E-state index is 0.0256. The predicted octanol–water partition coefficient (Wildman–Crippen LogP) is 3.63. The van der Waals surface area contributed by atoms with Crippen molar-refractivity contribution in [1.82, 2.24) is 19.7 Å². The van der Waals surface area contributed by atoms with Crippen molar-refractivity contribution >= 4 is 11.7 Å². The van der Waals surface area contributed by atoms with Gasteiger partial charge in [0.25, 0.3) is 0 Å². The molecule has 1 aliphatic rings. The molecule has 2 amide bonds. The van der Waals surface area contributed by atoms with Crippen LogP contribution in [0.2, 0.25) is 0 Å². The summed E-state index contributed by atoms with van der Waals surface area (Å²) in [5.74, 6) is 1.24. The van der Waals surface area contributed by atoms with Gasteiger partial charge >= 0.3 is 6.03 Å². The molecule has 1 saturated heterocycles. The second-order valence-corrected chi connectivity index (χ2v) is 6.96. The molecule has 1 fully saturated rings. The molecule has 0 radical (unpaired) electrons. The van der Waals surface area contributed by atoms with Crippen LogP contribution in [-0.2, 0) is 6.54 Å². The summed E-state index contributed by atoms with van der Waals surface area (Å²) in [6.45, 7) is 10.6. The SMILES string of the molecule is CCn1cnnc1C1CCCN(C(=O)Nc2c(C)cc(C)cc2C)C1. The van der Waals surface area contributed by atoms with E-state index in [4.69, 9.17) is 0 Å². The van der Waals surface area contributed by atoms with Gasteiger partial charge in [0.1, 0.15) is 12.2 Å². The molecule has 0 aliphatic carbocycles. The van der Waals surface area contributed by atoms with Crippen LogP contribution in [0.5, 0.6) is 0 Å². The second-order valence-electron chi connectivity index (χ2n) is 6.96. The van der Waals surface area contributed by atoms with Crippen molar-refractivity contribution in [3.05, 3.63) is 41.0 Å². The summed E-state index contributed by atoms with van der Waals surface area (Å²) in [4.78, 5) is 14.7. The van der Waals surface area contributed by atoms with Crippen LogP contribution in [0.3, 0.4) is 0 Å². The fourth-order valence-electron chi connectivity index (χ4n) is 3.76. The third-order valence-corrected chi connectivity index (χ3v) is 4.97. The quantitative estimate of drug-likeness (QED) is 0.927. The lowest BCUT2D eigenvalue weighted by Crippen LogP contribution is -2.42. The molecule has 1 atom stereocenters. The van der Waals surface area contributed by atoms with Crippen molar-refractivity contribution in [2.45, 2.75) is 53.0 Å². The first-order valence-corrected chi connectivity index (χ1v) is 9.01. The number of carbonyl (C=O) groups excluding carboxylic acids is 1. The van der Waals surface area contributed by atoms with Crippen LogP contribution in [0.15, 0.2) is 18.5 Å². The fraction of sp³-hybridized carbons (Fsp3) is 0.526. The Kier molecular flexibility index (Phi) is 5.06. The first kappa shape index (κ1) is 17.5. The number of nitrogens with one attached hydrogen (secondary N) is 1. The number of benzene rings is 1. The number of rotatable bonds is 3. The minimum Gasteiger partial charge on any atom is -0.324 e. The zero-order valence-electron chi connectivity index (χ0n) is 15.5. The van der Waals surface area contributed by atoms with Crippen LogP contribution in [-0.4, -0.2) is 38.8 Å². The molecule has 0 bridgehead atoms. The highest BCUT2D eigenvalue weighted by atomic mass is 16.2. The van der Waals surface area contributed by atoms with Crippen molar-refractivity contribution in [1.29, 1.82) is 0 Å². The molecule has 1 aromatic heterocycles. The van der Waals surface area contributed by atoms with Gasteiger partial charge in [-0.05, 0) is 51.7 Å². The van der Waals surface area contributed by atoms with Gasteiger partial charge in [-0.2, -0.15) is 0 Å². The maximum atomic E-state index is 12.8. The summed E-state index contributed by atoms with van der Waals surface area (Å²) < 4.78 is 2.07. The van der Waals surface area contributed by atoms with E-state index in [9.17, 15) is 4.79 Å². The van der Waals surface area contributed by atoms with Gasteiger partial charge in [0.2, 0.25) is 0 Å². The Morgan fingerprint density at radius 3 is 2.68 bits per heavy atom. The van der Waals surface area contributed by atoms with Crippen molar-refractivity contribution in [2.24, 2.45) is 0 Å². The number of likely N-dealkylation sites (tertiary alicyclic amines) is 1. The van der Waals surface area contributed by atoms with Crippen LogP contribution in [0.1, 0.15) is 48.2 Å². The Morgan fingerprint density at radius 1 is 1.28 bits per heavy atom. The van der Waals surface area contributed by atoms with Gasteiger partial charge in [-0.1, -0.05) is 17.7 Å². The largest absolute Gasteiger partial charge is 0.324 e. The molecule has 0 spiro atoms. The summed E-state index contributed by atoms with van der Waals surface area (Å²) in [6, 6.07) is 4.18. The molecule has 25 heavy (non-hydrogen) atoms. The Bertz CT molecular complexity index is 744. The molecule has 1 aliphatic heterocycles. The second kappa shape index (κ2) is 7.25. The van der Waals surface area contributed by atoms with Gasteiger partial charge in [-0.3, -0.25) is 0 Å². The number of nitrogens with zero attached hydrogens (tertiary/aromatic N) is 4. The Morgan fingerprint density at radius 2 is 2.00 bits per heavy atom. The molecule has 134 valence electrons. The van der Waals surface area contributed by atoms with E-state index in [1.807, 2.05) is 18.7 Å². The maximum absolute atomic E-state index is 12.8. The number of amides is 2. The van der Waals surface area contributed by atoms with Crippen LogP contribution in [0.25, 0.3) is 0 Å². The molecular formula is C19H27N5O. The number of aryl methyl sites for hydroxylation is 4. The molecule has 2 aromatic rings.